The van der Waals surface area contributed by atoms with Crippen molar-refractivity contribution in [2.45, 2.75) is 44.2 Å². The number of aromatic nitrogens is 1. The Labute approximate surface area is 203 Å². The first-order valence-electron chi connectivity index (χ1n) is 11.7. The first-order chi connectivity index (χ1) is 17.0. The molecule has 2 aromatic carbocycles. The second-order valence-corrected chi connectivity index (χ2v) is 8.63. The molecule has 35 heavy (non-hydrogen) atoms. The van der Waals surface area contributed by atoms with E-state index in [0.29, 0.717) is 6.42 Å². The number of carboxylic acid groups (broad SMARTS) is 1. The molecule has 8 nitrogen and oxygen atoms in total. The second-order valence-electron chi connectivity index (χ2n) is 8.63. The van der Waals surface area contributed by atoms with Gasteiger partial charge in [-0.1, -0.05) is 55.5 Å². The van der Waals surface area contributed by atoms with Crippen LogP contribution < -0.4 is 10.6 Å². The van der Waals surface area contributed by atoms with Crippen LogP contribution in [-0.4, -0.2) is 46.8 Å². The summed E-state index contributed by atoms with van der Waals surface area (Å²) in [5, 5.41) is 14.5. The number of hydrogen-bond acceptors (Lipinski definition) is 4. The van der Waals surface area contributed by atoms with Crippen molar-refractivity contribution in [3.8, 4) is 11.1 Å². The van der Waals surface area contributed by atoms with E-state index in [1.807, 2.05) is 42.5 Å². The molecule has 1 aliphatic carbocycles. The molecular weight excluding hydrogens is 446 g/mol. The Kier molecular flexibility index (Phi) is 7.50. The summed E-state index contributed by atoms with van der Waals surface area (Å²) in [6.45, 7) is 1.93. The predicted molar refractivity (Wildman–Crippen MR) is 131 cm³/mol. The monoisotopic (exact) mass is 475 g/mol. The van der Waals surface area contributed by atoms with Crippen molar-refractivity contribution >= 4 is 18.0 Å². The van der Waals surface area contributed by atoms with E-state index in [1.165, 1.54) is 0 Å². The van der Waals surface area contributed by atoms with Gasteiger partial charge >= 0.3 is 12.1 Å². The van der Waals surface area contributed by atoms with E-state index < -0.39 is 30.1 Å². The largest absolute Gasteiger partial charge is 0.481 e. The fourth-order valence-corrected chi connectivity index (χ4v) is 4.52. The zero-order valence-corrected chi connectivity index (χ0v) is 19.5. The van der Waals surface area contributed by atoms with E-state index in [-0.39, 0.29) is 25.4 Å². The molecule has 0 aliphatic heterocycles. The van der Waals surface area contributed by atoms with Crippen molar-refractivity contribution < 1.29 is 24.2 Å². The highest BCUT2D eigenvalue weighted by atomic mass is 16.5. The van der Waals surface area contributed by atoms with Gasteiger partial charge in [-0.15, -0.1) is 0 Å². The number of fused-ring (bicyclic) bond motifs is 3. The molecule has 0 bridgehead atoms. The summed E-state index contributed by atoms with van der Waals surface area (Å²) in [6.07, 6.45) is 1.51. The van der Waals surface area contributed by atoms with E-state index in [0.717, 1.165) is 27.9 Å². The van der Waals surface area contributed by atoms with E-state index in [1.54, 1.807) is 19.2 Å². The summed E-state index contributed by atoms with van der Waals surface area (Å²) >= 11 is 0. The van der Waals surface area contributed by atoms with Crippen LogP contribution in [0.2, 0.25) is 0 Å². The topological polar surface area (TPSA) is 121 Å². The minimum atomic E-state index is -0.998. The molecule has 1 unspecified atom stereocenters. The Morgan fingerprint density at radius 3 is 2.20 bits per heavy atom. The number of carbonyl (C=O) groups excluding carboxylic acids is 2. The lowest BCUT2D eigenvalue weighted by Crippen LogP contribution is -2.51. The molecule has 2 atom stereocenters. The average Bonchev–Trinajstić information content (AvgIpc) is 3.47. The van der Waals surface area contributed by atoms with Crippen LogP contribution in [0.5, 0.6) is 0 Å². The highest BCUT2D eigenvalue weighted by molar-refractivity contribution is 5.86. The lowest BCUT2D eigenvalue weighted by atomic mass is 9.98. The maximum absolute atomic E-state index is 13.0. The molecule has 0 fully saturated rings. The molecule has 0 spiro atoms. The van der Waals surface area contributed by atoms with Gasteiger partial charge in [0.15, 0.2) is 0 Å². The highest BCUT2D eigenvalue weighted by Gasteiger charge is 2.30. The van der Waals surface area contributed by atoms with Gasteiger partial charge in [-0.2, -0.15) is 0 Å². The van der Waals surface area contributed by atoms with Crippen LogP contribution in [-0.2, 0) is 20.7 Å². The molecule has 1 aliphatic rings. The zero-order valence-electron chi connectivity index (χ0n) is 19.5. The average molecular weight is 476 g/mol. The van der Waals surface area contributed by atoms with E-state index >= 15 is 0 Å². The number of hydrogen-bond donors (Lipinski definition) is 4. The molecule has 1 heterocycles. The SMILES string of the molecule is CC[C@H](CC(=O)O)NC(=O)C(Cc1ccc[nH]1)NC(=O)OCC1c2ccccc2-c2ccccc21. The standard InChI is InChI=1S/C27H29N3O5/c1-2-17(15-25(31)32)29-26(33)24(14-18-8-7-13-28-18)30-27(34)35-16-23-21-11-5-3-9-19(21)20-10-4-6-12-22(20)23/h3-13,17,23-24,28H,2,14-16H2,1H3,(H,29,33)(H,30,34)(H,31,32)/t17-,24?/m1/s1. The van der Waals surface area contributed by atoms with E-state index in [4.69, 9.17) is 9.84 Å². The number of aromatic amines is 1. The smallest absolute Gasteiger partial charge is 0.407 e. The van der Waals surface area contributed by atoms with Crippen molar-refractivity contribution in [1.29, 1.82) is 0 Å². The number of H-pyrrole nitrogens is 1. The van der Waals surface area contributed by atoms with Crippen molar-refractivity contribution in [2.24, 2.45) is 0 Å². The molecule has 0 saturated heterocycles. The van der Waals surface area contributed by atoms with Crippen LogP contribution in [0.4, 0.5) is 4.79 Å². The van der Waals surface area contributed by atoms with E-state index in [2.05, 4.69) is 27.8 Å². The number of amides is 2. The van der Waals surface area contributed by atoms with Crippen molar-refractivity contribution in [3.63, 3.8) is 0 Å². The number of benzene rings is 2. The quantitative estimate of drug-likeness (QED) is 0.355. The van der Waals surface area contributed by atoms with Crippen LogP contribution in [0.15, 0.2) is 66.9 Å². The summed E-state index contributed by atoms with van der Waals surface area (Å²) < 4.78 is 5.60. The molecule has 1 aromatic heterocycles. The number of nitrogens with one attached hydrogen (secondary N) is 3. The summed E-state index contributed by atoms with van der Waals surface area (Å²) in [7, 11) is 0. The van der Waals surface area contributed by atoms with Gasteiger partial charge in [-0.25, -0.2) is 4.79 Å². The van der Waals surface area contributed by atoms with Gasteiger partial charge in [0, 0.05) is 30.3 Å². The third-order valence-electron chi connectivity index (χ3n) is 6.30. The fourth-order valence-electron chi connectivity index (χ4n) is 4.52. The van der Waals surface area contributed by atoms with Crippen molar-refractivity contribution in [2.75, 3.05) is 6.61 Å². The van der Waals surface area contributed by atoms with Gasteiger partial charge in [-0.05, 0) is 40.8 Å². The number of aliphatic carboxylic acids is 1. The number of carbonyl (C=O) groups is 3. The maximum Gasteiger partial charge on any atom is 0.407 e. The predicted octanol–water partition coefficient (Wildman–Crippen LogP) is 3.83. The number of ether oxygens (including phenoxy) is 1. The fraction of sp³-hybridized carbons (Fsp3) is 0.296. The zero-order chi connectivity index (χ0) is 24.8. The number of rotatable bonds is 10. The Hall–Kier alpha value is -4.07. The maximum atomic E-state index is 13.0. The summed E-state index contributed by atoms with van der Waals surface area (Å²) in [5.41, 5.74) is 5.22. The number of alkyl carbamates (subject to hydrolysis) is 1. The lowest BCUT2D eigenvalue weighted by molar-refractivity contribution is -0.137. The minimum Gasteiger partial charge on any atom is -0.481 e. The molecular formula is C27H29N3O5. The molecule has 0 saturated carbocycles. The van der Waals surface area contributed by atoms with Gasteiger partial charge < -0.3 is 25.5 Å². The third kappa shape index (κ3) is 5.71. The van der Waals surface area contributed by atoms with Crippen LogP contribution in [0.1, 0.15) is 42.5 Å². The van der Waals surface area contributed by atoms with Crippen LogP contribution in [0.3, 0.4) is 0 Å². The first kappa shape index (κ1) is 24.1. The molecule has 4 rings (SSSR count). The Bertz CT molecular complexity index is 1150. The van der Waals surface area contributed by atoms with Crippen molar-refractivity contribution in [3.05, 3.63) is 83.7 Å². The van der Waals surface area contributed by atoms with Gasteiger partial charge in [0.1, 0.15) is 12.6 Å². The van der Waals surface area contributed by atoms with Gasteiger partial charge in [0.05, 0.1) is 6.42 Å². The van der Waals surface area contributed by atoms with E-state index in [9.17, 15) is 14.4 Å². The minimum absolute atomic E-state index is 0.0936. The summed E-state index contributed by atoms with van der Waals surface area (Å²) in [6, 6.07) is 18.3. The Morgan fingerprint density at radius 1 is 0.971 bits per heavy atom. The molecule has 2 amide bonds. The summed E-state index contributed by atoms with van der Waals surface area (Å²) in [4.78, 5) is 39.9. The van der Waals surface area contributed by atoms with Gasteiger partial charge in [0.25, 0.3) is 0 Å². The normalized spacial score (nSPS) is 13.9. The molecule has 182 valence electrons. The lowest BCUT2D eigenvalue weighted by Gasteiger charge is -2.22. The van der Waals surface area contributed by atoms with Crippen LogP contribution in [0.25, 0.3) is 11.1 Å². The van der Waals surface area contributed by atoms with Crippen LogP contribution >= 0.6 is 0 Å². The van der Waals surface area contributed by atoms with Crippen LogP contribution in [0, 0.1) is 0 Å². The number of carboxylic acids is 1. The second kappa shape index (κ2) is 10.9. The first-order valence-corrected chi connectivity index (χ1v) is 11.7. The third-order valence-corrected chi connectivity index (χ3v) is 6.30. The van der Waals surface area contributed by atoms with Gasteiger partial charge in [0.2, 0.25) is 5.91 Å². The van der Waals surface area contributed by atoms with Gasteiger partial charge in [-0.3, -0.25) is 9.59 Å². The summed E-state index contributed by atoms with van der Waals surface area (Å²) in [5.74, 6) is -1.55. The van der Waals surface area contributed by atoms with Crippen molar-refractivity contribution in [1.82, 2.24) is 15.6 Å². The Morgan fingerprint density at radius 2 is 1.63 bits per heavy atom. The molecule has 8 heteroatoms. The Balaban J connectivity index is 1.43. The highest BCUT2D eigenvalue weighted by Crippen LogP contribution is 2.44. The molecule has 4 N–H and O–H groups in total. The molecule has 0 radical (unpaired) electrons. The molecule has 3 aromatic rings.